The van der Waals surface area contributed by atoms with Crippen LogP contribution in [0, 0.1) is 0 Å². The predicted octanol–water partition coefficient (Wildman–Crippen LogP) is 2.75. The van der Waals surface area contributed by atoms with Crippen LogP contribution >= 0.6 is 27.5 Å². The van der Waals surface area contributed by atoms with Gasteiger partial charge < -0.3 is 10.4 Å². The van der Waals surface area contributed by atoms with E-state index in [1.54, 1.807) is 6.07 Å². The largest absolute Gasteiger partial charge is 0.387 e. The molecule has 1 unspecified atom stereocenters. The molecular weight excluding hydrogens is 265 g/mol. The van der Waals surface area contributed by atoms with Gasteiger partial charge in [-0.3, -0.25) is 0 Å². The summed E-state index contributed by atoms with van der Waals surface area (Å²) in [6, 6.07) is 5.44. The standard InChI is InChI=1S/C10H13BrClNO/c1-2-13-6-10(14)7-3-4-9(12)8(11)5-7/h3-5,10,13-14H,2,6H2,1H3. The van der Waals surface area contributed by atoms with Crippen LogP contribution in [0.25, 0.3) is 0 Å². The van der Waals surface area contributed by atoms with Crippen LogP contribution in [0.15, 0.2) is 22.7 Å². The molecule has 1 rings (SSSR count). The van der Waals surface area contributed by atoms with E-state index in [1.807, 2.05) is 19.1 Å². The molecule has 0 aromatic heterocycles. The highest BCUT2D eigenvalue weighted by atomic mass is 79.9. The number of aliphatic hydroxyl groups is 1. The average molecular weight is 279 g/mol. The van der Waals surface area contributed by atoms with E-state index in [4.69, 9.17) is 11.6 Å². The molecule has 0 amide bonds. The number of rotatable bonds is 4. The highest BCUT2D eigenvalue weighted by Gasteiger charge is 2.07. The molecule has 1 aromatic carbocycles. The van der Waals surface area contributed by atoms with E-state index in [9.17, 15) is 5.11 Å². The number of halogens is 2. The van der Waals surface area contributed by atoms with E-state index in [-0.39, 0.29) is 0 Å². The van der Waals surface area contributed by atoms with Crippen LogP contribution in [-0.4, -0.2) is 18.2 Å². The third-order valence-electron chi connectivity index (χ3n) is 1.92. The molecule has 0 spiro atoms. The number of aliphatic hydroxyl groups excluding tert-OH is 1. The number of nitrogens with one attached hydrogen (secondary N) is 1. The van der Waals surface area contributed by atoms with Gasteiger partial charge in [0.05, 0.1) is 11.1 Å². The molecule has 0 saturated heterocycles. The lowest BCUT2D eigenvalue weighted by Crippen LogP contribution is -2.20. The molecule has 1 aromatic rings. The molecule has 0 bridgehead atoms. The van der Waals surface area contributed by atoms with Gasteiger partial charge in [-0.25, -0.2) is 0 Å². The van der Waals surface area contributed by atoms with Crippen molar-refractivity contribution in [3.63, 3.8) is 0 Å². The zero-order valence-electron chi connectivity index (χ0n) is 7.93. The summed E-state index contributed by atoms with van der Waals surface area (Å²) in [5.41, 5.74) is 0.863. The van der Waals surface area contributed by atoms with E-state index in [0.717, 1.165) is 16.6 Å². The lowest BCUT2D eigenvalue weighted by molar-refractivity contribution is 0.175. The molecule has 4 heteroatoms. The maximum Gasteiger partial charge on any atom is 0.0914 e. The number of hydrogen-bond acceptors (Lipinski definition) is 2. The van der Waals surface area contributed by atoms with Crippen LogP contribution < -0.4 is 5.32 Å². The van der Waals surface area contributed by atoms with Crippen LogP contribution in [0.4, 0.5) is 0 Å². The summed E-state index contributed by atoms with van der Waals surface area (Å²) >= 11 is 9.16. The van der Waals surface area contributed by atoms with Gasteiger partial charge in [-0.15, -0.1) is 0 Å². The Morgan fingerprint density at radius 1 is 1.57 bits per heavy atom. The molecule has 78 valence electrons. The highest BCUT2D eigenvalue weighted by Crippen LogP contribution is 2.25. The van der Waals surface area contributed by atoms with Crippen LogP contribution in [0.5, 0.6) is 0 Å². The van der Waals surface area contributed by atoms with Gasteiger partial charge in [0.1, 0.15) is 0 Å². The molecule has 14 heavy (non-hydrogen) atoms. The van der Waals surface area contributed by atoms with Gasteiger partial charge in [0.25, 0.3) is 0 Å². The Labute approximate surface area is 97.4 Å². The first-order valence-electron chi connectivity index (χ1n) is 4.49. The van der Waals surface area contributed by atoms with Crippen LogP contribution in [-0.2, 0) is 0 Å². The van der Waals surface area contributed by atoms with Crippen molar-refractivity contribution in [2.24, 2.45) is 0 Å². The minimum atomic E-state index is -0.483. The molecule has 0 saturated carbocycles. The fourth-order valence-electron chi connectivity index (χ4n) is 1.12. The Morgan fingerprint density at radius 3 is 2.86 bits per heavy atom. The quantitative estimate of drug-likeness (QED) is 0.887. The molecule has 0 aliphatic carbocycles. The smallest absolute Gasteiger partial charge is 0.0914 e. The molecule has 0 heterocycles. The van der Waals surface area contributed by atoms with Crippen molar-refractivity contribution in [1.82, 2.24) is 5.32 Å². The summed E-state index contributed by atoms with van der Waals surface area (Å²) in [5.74, 6) is 0. The number of hydrogen-bond donors (Lipinski definition) is 2. The fourth-order valence-corrected chi connectivity index (χ4v) is 1.63. The van der Waals surface area contributed by atoms with Crippen LogP contribution in [0.1, 0.15) is 18.6 Å². The Hall–Kier alpha value is -0.0900. The van der Waals surface area contributed by atoms with Crippen LogP contribution in [0.3, 0.4) is 0 Å². The first-order valence-corrected chi connectivity index (χ1v) is 5.66. The van der Waals surface area contributed by atoms with Crippen molar-refractivity contribution in [2.75, 3.05) is 13.1 Å². The van der Waals surface area contributed by atoms with Gasteiger partial charge >= 0.3 is 0 Å². The van der Waals surface area contributed by atoms with Crippen molar-refractivity contribution >= 4 is 27.5 Å². The highest BCUT2D eigenvalue weighted by molar-refractivity contribution is 9.10. The second kappa shape index (κ2) is 5.71. The van der Waals surface area contributed by atoms with Crippen molar-refractivity contribution < 1.29 is 5.11 Å². The van der Waals surface area contributed by atoms with Crippen molar-refractivity contribution in [3.05, 3.63) is 33.3 Å². The molecule has 0 aliphatic heterocycles. The maximum atomic E-state index is 9.74. The third kappa shape index (κ3) is 3.24. The average Bonchev–Trinajstić information content (AvgIpc) is 2.18. The summed E-state index contributed by atoms with van der Waals surface area (Å²) in [6.07, 6.45) is -0.483. The maximum absolute atomic E-state index is 9.74. The summed E-state index contributed by atoms with van der Waals surface area (Å²) in [4.78, 5) is 0. The normalized spacial score (nSPS) is 12.9. The van der Waals surface area contributed by atoms with E-state index >= 15 is 0 Å². The molecule has 0 fully saturated rings. The minimum Gasteiger partial charge on any atom is -0.387 e. The summed E-state index contributed by atoms with van der Waals surface area (Å²) in [5, 5.41) is 13.5. The third-order valence-corrected chi connectivity index (χ3v) is 3.13. The van der Waals surface area contributed by atoms with E-state index in [1.165, 1.54) is 0 Å². The van der Waals surface area contributed by atoms with Crippen molar-refractivity contribution in [2.45, 2.75) is 13.0 Å². The number of likely N-dealkylation sites (N-methyl/N-ethyl adjacent to an activating group) is 1. The Bertz CT molecular complexity index is 306. The van der Waals surface area contributed by atoms with Gasteiger partial charge in [0.15, 0.2) is 0 Å². The molecule has 2 nitrogen and oxygen atoms in total. The Morgan fingerprint density at radius 2 is 2.29 bits per heavy atom. The van der Waals surface area contributed by atoms with Crippen LogP contribution in [0.2, 0.25) is 5.02 Å². The zero-order chi connectivity index (χ0) is 10.6. The minimum absolute atomic E-state index is 0.483. The molecule has 1 atom stereocenters. The van der Waals surface area contributed by atoms with Gasteiger partial charge in [0.2, 0.25) is 0 Å². The van der Waals surface area contributed by atoms with Gasteiger partial charge in [-0.1, -0.05) is 24.6 Å². The SMILES string of the molecule is CCNCC(O)c1ccc(Cl)c(Br)c1. The van der Waals surface area contributed by atoms with Gasteiger partial charge in [-0.2, -0.15) is 0 Å². The Balaban J connectivity index is 2.70. The second-order valence-electron chi connectivity index (χ2n) is 3.00. The fraction of sp³-hybridized carbons (Fsp3) is 0.400. The van der Waals surface area contributed by atoms with Gasteiger partial charge in [0, 0.05) is 11.0 Å². The summed E-state index contributed by atoms with van der Waals surface area (Å²) in [6.45, 7) is 3.42. The van der Waals surface area contributed by atoms with E-state index < -0.39 is 6.10 Å². The molecule has 2 N–H and O–H groups in total. The predicted molar refractivity (Wildman–Crippen MR) is 62.7 cm³/mol. The summed E-state index contributed by atoms with van der Waals surface area (Å²) in [7, 11) is 0. The first-order chi connectivity index (χ1) is 6.65. The van der Waals surface area contributed by atoms with E-state index in [0.29, 0.717) is 11.6 Å². The number of benzene rings is 1. The second-order valence-corrected chi connectivity index (χ2v) is 4.26. The topological polar surface area (TPSA) is 32.3 Å². The van der Waals surface area contributed by atoms with Crippen molar-refractivity contribution in [3.8, 4) is 0 Å². The van der Waals surface area contributed by atoms with Gasteiger partial charge in [-0.05, 0) is 40.2 Å². The van der Waals surface area contributed by atoms with Crippen molar-refractivity contribution in [1.29, 1.82) is 0 Å². The Kier molecular flexibility index (Phi) is 4.89. The lowest BCUT2D eigenvalue weighted by atomic mass is 10.1. The summed E-state index contributed by atoms with van der Waals surface area (Å²) < 4.78 is 0.812. The molecule has 0 aliphatic rings. The first kappa shape index (κ1) is 12.0. The molecule has 0 radical (unpaired) electrons. The zero-order valence-corrected chi connectivity index (χ0v) is 10.3. The monoisotopic (exact) mass is 277 g/mol. The molecular formula is C10H13BrClNO. The van der Waals surface area contributed by atoms with E-state index in [2.05, 4.69) is 21.2 Å². The lowest BCUT2D eigenvalue weighted by Gasteiger charge is -2.11.